The molecule has 0 amide bonds. The van der Waals surface area contributed by atoms with Crippen LogP contribution in [-0.4, -0.2) is 13.1 Å². The van der Waals surface area contributed by atoms with Gasteiger partial charge in [-0.3, -0.25) is 0 Å². The van der Waals surface area contributed by atoms with Crippen LogP contribution < -0.4 is 5.32 Å². The van der Waals surface area contributed by atoms with Gasteiger partial charge in [-0.05, 0) is 30.7 Å². The van der Waals surface area contributed by atoms with Crippen molar-refractivity contribution in [3.63, 3.8) is 0 Å². The normalized spacial score (nSPS) is 26.8. The molecule has 0 saturated carbocycles. The lowest BCUT2D eigenvalue weighted by Crippen LogP contribution is -2.25. The van der Waals surface area contributed by atoms with Gasteiger partial charge in [-0.2, -0.15) is 0 Å². The molecule has 1 nitrogen and oxygen atoms in total. The standard InChI is InChI=1S/C11H13F2N/c1-11(4-5-14-7-11)8-2-3-9(12)10(13)6-8/h2-3,6,14H,4-5,7H2,1H3/t11-/m1/s1. The summed E-state index contributed by atoms with van der Waals surface area (Å²) in [7, 11) is 0. The summed E-state index contributed by atoms with van der Waals surface area (Å²) in [6.45, 7) is 3.84. The SMILES string of the molecule is C[C@@]1(c2ccc(F)c(F)c2)CCNC1. The lowest BCUT2D eigenvalue weighted by molar-refractivity contribution is 0.487. The Bertz CT molecular complexity index is 343. The zero-order valence-electron chi connectivity index (χ0n) is 8.11. The average molecular weight is 197 g/mol. The third-order valence-corrected chi connectivity index (χ3v) is 2.99. The molecular formula is C11H13F2N. The number of halogens is 2. The van der Waals surface area contributed by atoms with Crippen molar-refractivity contribution < 1.29 is 8.78 Å². The molecule has 1 heterocycles. The van der Waals surface area contributed by atoms with Gasteiger partial charge >= 0.3 is 0 Å². The minimum atomic E-state index is -0.775. The Morgan fingerprint density at radius 2 is 2.07 bits per heavy atom. The Kier molecular flexibility index (Phi) is 2.27. The van der Waals surface area contributed by atoms with Gasteiger partial charge < -0.3 is 5.32 Å². The van der Waals surface area contributed by atoms with Gasteiger partial charge in [-0.25, -0.2) is 8.78 Å². The van der Waals surface area contributed by atoms with E-state index in [9.17, 15) is 8.78 Å². The lowest BCUT2D eigenvalue weighted by Gasteiger charge is -2.23. The maximum Gasteiger partial charge on any atom is 0.159 e. The third kappa shape index (κ3) is 1.52. The maximum absolute atomic E-state index is 13.0. The van der Waals surface area contributed by atoms with Gasteiger partial charge in [0.15, 0.2) is 11.6 Å². The van der Waals surface area contributed by atoms with Crippen molar-refractivity contribution in [3.8, 4) is 0 Å². The van der Waals surface area contributed by atoms with E-state index in [2.05, 4.69) is 12.2 Å². The van der Waals surface area contributed by atoms with Crippen LogP contribution in [0.5, 0.6) is 0 Å². The first-order chi connectivity index (χ1) is 6.62. The van der Waals surface area contributed by atoms with Gasteiger partial charge in [0.2, 0.25) is 0 Å². The van der Waals surface area contributed by atoms with E-state index in [0.717, 1.165) is 25.1 Å². The highest BCUT2D eigenvalue weighted by molar-refractivity contribution is 5.27. The van der Waals surface area contributed by atoms with Crippen LogP contribution in [0.25, 0.3) is 0 Å². The fourth-order valence-corrected chi connectivity index (χ4v) is 1.93. The van der Waals surface area contributed by atoms with Crippen LogP contribution in [0.2, 0.25) is 0 Å². The molecule has 1 saturated heterocycles. The van der Waals surface area contributed by atoms with Crippen molar-refractivity contribution in [2.45, 2.75) is 18.8 Å². The van der Waals surface area contributed by atoms with E-state index in [1.807, 2.05) is 0 Å². The predicted octanol–water partition coefficient (Wildman–Crippen LogP) is 2.22. The summed E-state index contributed by atoms with van der Waals surface area (Å²) in [5.41, 5.74) is 0.829. The Balaban J connectivity index is 2.36. The molecule has 0 aromatic heterocycles. The Hall–Kier alpha value is -0.960. The van der Waals surface area contributed by atoms with Crippen LogP contribution in [0.15, 0.2) is 18.2 Å². The topological polar surface area (TPSA) is 12.0 Å². The van der Waals surface area contributed by atoms with E-state index in [1.54, 1.807) is 6.07 Å². The number of nitrogens with one attached hydrogen (secondary N) is 1. The minimum Gasteiger partial charge on any atom is -0.316 e. The Labute approximate surface area is 82.1 Å². The smallest absolute Gasteiger partial charge is 0.159 e. The molecular weight excluding hydrogens is 184 g/mol. The van der Waals surface area contributed by atoms with Crippen LogP contribution in [-0.2, 0) is 5.41 Å². The summed E-state index contributed by atoms with van der Waals surface area (Å²) in [5, 5.41) is 3.23. The number of hydrogen-bond acceptors (Lipinski definition) is 1. The van der Waals surface area contributed by atoms with E-state index in [4.69, 9.17) is 0 Å². The highest BCUT2D eigenvalue weighted by Crippen LogP contribution is 2.30. The fourth-order valence-electron chi connectivity index (χ4n) is 1.93. The molecule has 0 aliphatic carbocycles. The predicted molar refractivity (Wildman–Crippen MR) is 51.2 cm³/mol. The highest BCUT2D eigenvalue weighted by Gasteiger charge is 2.30. The van der Waals surface area contributed by atoms with Crippen LogP contribution in [0.3, 0.4) is 0 Å². The van der Waals surface area contributed by atoms with Crippen molar-refractivity contribution in [2.75, 3.05) is 13.1 Å². The average Bonchev–Trinajstić information content (AvgIpc) is 2.58. The summed E-state index contributed by atoms with van der Waals surface area (Å²) in [6.07, 6.45) is 0.970. The molecule has 0 unspecified atom stereocenters. The highest BCUT2D eigenvalue weighted by atomic mass is 19.2. The van der Waals surface area contributed by atoms with E-state index in [-0.39, 0.29) is 5.41 Å². The molecule has 1 atom stereocenters. The van der Waals surface area contributed by atoms with Gasteiger partial charge in [-0.15, -0.1) is 0 Å². The fraction of sp³-hybridized carbons (Fsp3) is 0.455. The molecule has 14 heavy (non-hydrogen) atoms. The minimum absolute atomic E-state index is 0.0471. The Morgan fingerprint density at radius 1 is 1.29 bits per heavy atom. The monoisotopic (exact) mass is 197 g/mol. The second-order valence-corrected chi connectivity index (χ2v) is 4.12. The van der Waals surface area contributed by atoms with Gasteiger partial charge in [0, 0.05) is 12.0 Å². The zero-order valence-corrected chi connectivity index (χ0v) is 8.11. The summed E-state index contributed by atoms with van der Waals surface area (Å²) in [4.78, 5) is 0. The number of hydrogen-bond donors (Lipinski definition) is 1. The molecule has 0 radical (unpaired) electrons. The van der Waals surface area contributed by atoms with Crippen molar-refractivity contribution in [1.82, 2.24) is 5.32 Å². The second kappa shape index (κ2) is 3.31. The van der Waals surface area contributed by atoms with Crippen LogP contribution in [0, 0.1) is 11.6 Å². The molecule has 2 rings (SSSR count). The van der Waals surface area contributed by atoms with Gasteiger partial charge in [0.05, 0.1) is 0 Å². The van der Waals surface area contributed by atoms with E-state index in [0.29, 0.717) is 0 Å². The first-order valence-electron chi connectivity index (χ1n) is 4.78. The van der Waals surface area contributed by atoms with Gasteiger partial charge in [0.1, 0.15) is 0 Å². The van der Waals surface area contributed by atoms with Crippen LogP contribution in [0.4, 0.5) is 8.78 Å². The van der Waals surface area contributed by atoms with E-state index < -0.39 is 11.6 Å². The summed E-state index contributed by atoms with van der Waals surface area (Å²) < 4.78 is 25.7. The third-order valence-electron chi connectivity index (χ3n) is 2.99. The van der Waals surface area contributed by atoms with Crippen molar-refractivity contribution in [3.05, 3.63) is 35.4 Å². The molecule has 1 aliphatic rings. The molecule has 0 spiro atoms. The maximum atomic E-state index is 13.0. The lowest BCUT2D eigenvalue weighted by atomic mass is 9.82. The van der Waals surface area contributed by atoms with Crippen molar-refractivity contribution in [2.24, 2.45) is 0 Å². The van der Waals surface area contributed by atoms with Crippen LogP contribution in [0.1, 0.15) is 18.9 Å². The van der Waals surface area contributed by atoms with Crippen molar-refractivity contribution >= 4 is 0 Å². The largest absolute Gasteiger partial charge is 0.316 e. The first-order valence-corrected chi connectivity index (χ1v) is 4.78. The van der Waals surface area contributed by atoms with Crippen LogP contribution >= 0.6 is 0 Å². The molecule has 76 valence electrons. The molecule has 1 aliphatic heterocycles. The summed E-state index contributed by atoms with van der Waals surface area (Å²) in [6, 6.07) is 4.18. The molecule has 1 fully saturated rings. The van der Waals surface area contributed by atoms with Gasteiger partial charge in [-0.1, -0.05) is 13.0 Å². The van der Waals surface area contributed by atoms with Gasteiger partial charge in [0.25, 0.3) is 0 Å². The summed E-state index contributed by atoms with van der Waals surface area (Å²) in [5.74, 6) is -1.53. The molecule has 1 aromatic carbocycles. The second-order valence-electron chi connectivity index (χ2n) is 4.12. The van der Waals surface area contributed by atoms with E-state index in [1.165, 1.54) is 12.1 Å². The molecule has 3 heteroatoms. The summed E-state index contributed by atoms with van der Waals surface area (Å²) >= 11 is 0. The van der Waals surface area contributed by atoms with Crippen molar-refractivity contribution in [1.29, 1.82) is 0 Å². The first kappa shape index (κ1) is 9.59. The van der Waals surface area contributed by atoms with E-state index >= 15 is 0 Å². The quantitative estimate of drug-likeness (QED) is 0.727. The molecule has 0 bridgehead atoms. The Morgan fingerprint density at radius 3 is 2.64 bits per heavy atom. The number of benzene rings is 1. The number of rotatable bonds is 1. The molecule has 1 N–H and O–H groups in total. The molecule has 1 aromatic rings. The zero-order chi connectivity index (χ0) is 10.2.